The molecular weight excluding hydrogens is 634 g/mol. The number of ether oxygens (including phenoxy) is 1. The second kappa shape index (κ2) is 13.3. The minimum atomic E-state index is -2.60. The van der Waals surface area contributed by atoms with Crippen molar-refractivity contribution >= 4 is 33.6 Å². The van der Waals surface area contributed by atoms with Crippen LogP contribution in [0.1, 0.15) is 29.3 Å². The quantitative estimate of drug-likeness (QED) is 0.198. The van der Waals surface area contributed by atoms with Crippen LogP contribution >= 0.6 is 15.9 Å². The molecule has 228 valence electrons. The Morgan fingerprint density at radius 3 is 2.12 bits per heavy atom. The molecule has 0 radical (unpaired) electrons. The van der Waals surface area contributed by atoms with E-state index in [1.54, 1.807) is 0 Å². The molecule has 14 heteroatoms. The first kappa shape index (κ1) is 32.3. The third-order valence-electron chi connectivity index (χ3n) is 7.25. The first-order valence-electron chi connectivity index (χ1n) is 13.1. The van der Waals surface area contributed by atoms with Gasteiger partial charge in [0.2, 0.25) is 0 Å². The highest BCUT2D eigenvalue weighted by molar-refractivity contribution is 9.11. The number of hydrogen-bond donors (Lipinski definition) is 5. The van der Waals surface area contributed by atoms with E-state index in [0.717, 1.165) is 10.8 Å². The molecular formula is C29H29BrF2N4O7. The van der Waals surface area contributed by atoms with Gasteiger partial charge in [0.05, 0.1) is 17.6 Å². The fourth-order valence-corrected chi connectivity index (χ4v) is 5.27. The van der Waals surface area contributed by atoms with Gasteiger partial charge in [-0.15, -0.1) is 0 Å². The van der Waals surface area contributed by atoms with Crippen molar-refractivity contribution in [3.8, 4) is 0 Å². The summed E-state index contributed by atoms with van der Waals surface area (Å²) in [6.07, 6.45) is -3.92. The molecule has 4 rings (SSSR count). The molecule has 0 spiro atoms. The van der Waals surface area contributed by atoms with Crippen LogP contribution in [0.4, 0.5) is 8.78 Å². The zero-order valence-corrected chi connectivity index (χ0v) is 24.1. The van der Waals surface area contributed by atoms with Crippen LogP contribution < -0.4 is 22.7 Å². The Morgan fingerprint density at radius 2 is 1.58 bits per heavy atom. The number of aromatic nitrogens is 2. The molecule has 1 aliphatic heterocycles. The average molecular weight is 663 g/mol. The Labute approximate surface area is 251 Å². The Hall–Kier alpha value is -3.66. The number of rotatable bonds is 11. The number of aliphatic hydroxyl groups is 2. The number of carbonyl (C=O) groups excluding carboxylic acids is 2. The number of nitrogens with one attached hydrogen (secondary N) is 1. The summed E-state index contributed by atoms with van der Waals surface area (Å²) < 4.78 is 33.4. The molecule has 2 aromatic carbocycles. The van der Waals surface area contributed by atoms with Gasteiger partial charge in [-0.2, -0.15) is 0 Å². The maximum atomic E-state index is 13.7. The van der Waals surface area contributed by atoms with E-state index < -0.39 is 77.0 Å². The summed E-state index contributed by atoms with van der Waals surface area (Å²) in [5.41, 5.74) is 8.91. The predicted molar refractivity (Wildman–Crippen MR) is 155 cm³/mol. The van der Waals surface area contributed by atoms with E-state index in [1.807, 2.05) is 0 Å². The molecule has 3 unspecified atom stereocenters. The van der Waals surface area contributed by atoms with Crippen LogP contribution in [0, 0.1) is 11.6 Å². The van der Waals surface area contributed by atoms with Gasteiger partial charge in [-0.25, -0.2) is 13.6 Å². The van der Waals surface area contributed by atoms with Crippen LogP contribution in [-0.4, -0.2) is 61.2 Å². The van der Waals surface area contributed by atoms with E-state index >= 15 is 0 Å². The predicted octanol–water partition coefficient (Wildman–Crippen LogP) is 0.838. The Bertz CT molecular complexity index is 1630. The minimum Gasteiger partial charge on any atom is -0.382 e. The highest BCUT2D eigenvalue weighted by Gasteiger charge is 2.58. The number of ketones is 2. The van der Waals surface area contributed by atoms with Crippen LogP contribution in [0.15, 0.2) is 69.3 Å². The second-order valence-corrected chi connectivity index (χ2v) is 10.8. The van der Waals surface area contributed by atoms with Crippen molar-refractivity contribution < 1.29 is 33.3 Å². The molecule has 11 nitrogen and oxygen atoms in total. The molecule has 6 atom stereocenters. The van der Waals surface area contributed by atoms with Crippen molar-refractivity contribution in [3.63, 3.8) is 0 Å². The van der Waals surface area contributed by atoms with Crippen LogP contribution in [0.5, 0.6) is 0 Å². The van der Waals surface area contributed by atoms with Gasteiger partial charge in [-0.3, -0.25) is 23.9 Å². The number of aliphatic hydroxyl groups excluding tert-OH is 1. The standard InChI is InChI=1S/C29H29BrF2N4O7/c30-10-9-17-14-36(28(41)35-27(17)40)22-13-29(42,25(39)21(34)12-16-3-7-19(32)8-4-16)26(43-22)24(38)23(37)20(33)11-15-1-5-18(31)6-2-15/h1-10,14,20-22,24,26,38,42H,11-13,33-34H2,(H,35,40,41)/t20?,21?,22-,24?,26-,29-/m1/s1. The Kier molecular flexibility index (Phi) is 10.00. The zero-order valence-electron chi connectivity index (χ0n) is 22.5. The Morgan fingerprint density at radius 1 is 1.05 bits per heavy atom. The lowest BCUT2D eigenvalue weighted by molar-refractivity contribution is -0.162. The summed E-state index contributed by atoms with van der Waals surface area (Å²) >= 11 is 3.04. The van der Waals surface area contributed by atoms with Gasteiger partial charge >= 0.3 is 5.69 Å². The highest BCUT2D eigenvalue weighted by atomic mass is 79.9. The van der Waals surface area contributed by atoms with E-state index in [0.29, 0.717) is 11.1 Å². The molecule has 2 heterocycles. The average Bonchev–Trinajstić information content (AvgIpc) is 3.33. The number of aromatic amines is 1. The first-order chi connectivity index (χ1) is 20.3. The highest BCUT2D eigenvalue weighted by Crippen LogP contribution is 2.40. The second-order valence-electron chi connectivity index (χ2n) is 10.3. The van der Waals surface area contributed by atoms with E-state index in [-0.39, 0.29) is 18.4 Å². The summed E-state index contributed by atoms with van der Waals surface area (Å²) in [7, 11) is 0. The van der Waals surface area contributed by atoms with Crippen molar-refractivity contribution in [1.82, 2.24) is 9.55 Å². The Balaban J connectivity index is 1.67. The maximum absolute atomic E-state index is 13.7. The van der Waals surface area contributed by atoms with Gasteiger partial charge < -0.3 is 26.4 Å². The molecule has 3 aromatic rings. The number of nitrogens with zero attached hydrogens (tertiary/aromatic N) is 1. The molecule has 0 bridgehead atoms. The van der Waals surface area contributed by atoms with Crippen molar-refractivity contribution in [2.75, 3.05) is 0 Å². The maximum Gasteiger partial charge on any atom is 0.330 e. The lowest BCUT2D eigenvalue weighted by Crippen LogP contribution is -2.60. The van der Waals surface area contributed by atoms with Crippen LogP contribution in [0.25, 0.3) is 6.08 Å². The van der Waals surface area contributed by atoms with Crippen LogP contribution in [-0.2, 0) is 27.2 Å². The number of hydrogen-bond acceptors (Lipinski definition) is 9. The molecule has 1 aromatic heterocycles. The van der Waals surface area contributed by atoms with Crippen molar-refractivity contribution in [2.45, 2.75) is 55.4 Å². The number of Topliss-reactive ketones (excluding diaryl/α,β-unsaturated/α-hetero) is 2. The summed E-state index contributed by atoms with van der Waals surface area (Å²) in [5, 5.41) is 22.9. The molecule has 7 N–H and O–H groups in total. The van der Waals surface area contributed by atoms with Gasteiger partial charge in [-0.1, -0.05) is 40.2 Å². The fraction of sp³-hybridized carbons (Fsp3) is 0.310. The number of nitrogens with two attached hydrogens (primary N) is 2. The number of benzene rings is 2. The fourth-order valence-electron chi connectivity index (χ4n) is 4.99. The summed E-state index contributed by atoms with van der Waals surface area (Å²) in [6.45, 7) is 0. The molecule has 43 heavy (non-hydrogen) atoms. The third kappa shape index (κ3) is 7.12. The van der Waals surface area contributed by atoms with Gasteiger partial charge in [0.25, 0.3) is 5.56 Å². The number of H-pyrrole nitrogens is 1. The number of carbonyl (C=O) groups is 2. The summed E-state index contributed by atoms with van der Waals surface area (Å²) in [5.74, 6) is -3.01. The monoisotopic (exact) mass is 662 g/mol. The largest absolute Gasteiger partial charge is 0.382 e. The van der Waals surface area contributed by atoms with E-state index in [2.05, 4.69) is 20.9 Å². The SMILES string of the molecule is NC(Cc1ccc(F)cc1)C(=O)C(O)[C@H]1O[C@@H](n2cc(C=CBr)c(=O)[nH]c2=O)C[C@@]1(O)C(=O)C(N)Cc1ccc(F)cc1. The van der Waals surface area contributed by atoms with E-state index in [1.165, 1.54) is 59.6 Å². The van der Waals surface area contributed by atoms with Crippen LogP contribution in [0.2, 0.25) is 0 Å². The van der Waals surface area contributed by atoms with Gasteiger partial charge in [0.15, 0.2) is 17.2 Å². The lowest BCUT2D eigenvalue weighted by Gasteiger charge is -2.32. The van der Waals surface area contributed by atoms with E-state index in [9.17, 15) is 38.2 Å². The van der Waals surface area contributed by atoms with Crippen molar-refractivity contribution in [3.05, 3.63) is 109 Å². The lowest BCUT2D eigenvalue weighted by atomic mass is 9.80. The molecule has 1 fully saturated rings. The van der Waals surface area contributed by atoms with E-state index in [4.69, 9.17) is 16.2 Å². The van der Waals surface area contributed by atoms with Crippen molar-refractivity contribution in [1.29, 1.82) is 0 Å². The third-order valence-corrected chi connectivity index (χ3v) is 7.52. The van der Waals surface area contributed by atoms with Gasteiger partial charge in [0.1, 0.15) is 30.1 Å². The summed E-state index contributed by atoms with van der Waals surface area (Å²) in [4.78, 5) is 55.3. The molecule has 0 amide bonds. The van der Waals surface area contributed by atoms with Crippen molar-refractivity contribution in [2.24, 2.45) is 11.5 Å². The number of halogens is 3. The normalized spacial score (nSPS) is 22.4. The molecule has 0 aliphatic carbocycles. The topological polar surface area (TPSA) is 191 Å². The van der Waals surface area contributed by atoms with Crippen LogP contribution in [0.3, 0.4) is 0 Å². The zero-order chi connectivity index (χ0) is 31.5. The molecule has 1 saturated heterocycles. The summed E-state index contributed by atoms with van der Waals surface area (Å²) in [6, 6.07) is 7.59. The smallest absolute Gasteiger partial charge is 0.330 e. The minimum absolute atomic E-state index is 0.0179. The molecule has 1 aliphatic rings. The first-order valence-corrected chi connectivity index (χ1v) is 14.0. The van der Waals surface area contributed by atoms with Gasteiger partial charge in [-0.05, 0) is 59.3 Å². The van der Waals surface area contributed by atoms with Gasteiger partial charge in [0, 0.05) is 12.6 Å². The molecule has 0 saturated carbocycles.